The lowest BCUT2D eigenvalue weighted by Gasteiger charge is -2.41. The van der Waals surface area contributed by atoms with Crippen LogP contribution in [0.4, 0.5) is 4.39 Å². The molecule has 2 nitrogen and oxygen atoms in total. The minimum absolute atomic E-state index is 0.129. The standard InChI is InChI=1S/C14H23FN2/c1-5-13(17(3)4)14(16,6-2)11-9-7-8-10-12(11)15/h7-10,13H,5-6,16H2,1-4H3. The van der Waals surface area contributed by atoms with E-state index in [2.05, 4.69) is 11.8 Å². The van der Waals surface area contributed by atoms with Crippen LogP contribution in [-0.2, 0) is 5.54 Å². The maximum atomic E-state index is 13.9. The molecule has 0 aliphatic rings. The smallest absolute Gasteiger partial charge is 0.128 e. The monoisotopic (exact) mass is 238 g/mol. The Kier molecular flexibility index (Phi) is 4.66. The first-order valence-electron chi connectivity index (χ1n) is 6.17. The van der Waals surface area contributed by atoms with Crippen molar-refractivity contribution in [2.45, 2.75) is 38.3 Å². The Bertz CT molecular complexity index is 365. The number of nitrogens with zero attached hydrogens (tertiary/aromatic N) is 1. The van der Waals surface area contributed by atoms with E-state index in [0.717, 1.165) is 6.42 Å². The molecule has 0 spiro atoms. The second kappa shape index (κ2) is 5.61. The van der Waals surface area contributed by atoms with E-state index in [1.54, 1.807) is 12.1 Å². The molecule has 1 aromatic rings. The molecule has 0 aliphatic carbocycles. The summed E-state index contributed by atoms with van der Waals surface area (Å²) in [6.45, 7) is 4.10. The highest BCUT2D eigenvalue weighted by atomic mass is 19.1. The normalized spacial score (nSPS) is 16.9. The molecule has 0 heterocycles. The minimum Gasteiger partial charge on any atom is -0.320 e. The number of nitrogens with two attached hydrogens (primary N) is 1. The third-order valence-electron chi connectivity index (χ3n) is 3.57. The van der Waals surface area contributed by atoms with Crippen LogP contribution in [-0.4, -0.2) is 25.0 Å². The molecular formula is C14H23FN2. The predicted molar refractivity (Wildman–Crippen MR) is 70.3 cm³/mol. The second-order valence-electron chi connectivity index (χ2n) is 4.76. The van der Waals surface area contributed by atoms with Crippen LogP contribution in [0.2, 0.25) is 0 Å². The van der Waals surface area contributed by atoms with Gasteiger partial charge in [-0.2, -0.15) is 0 Å². The molecule has 17 heavy (non-hydrogen) atoms. The van der Waals surface area contributed by atoms with Crippen LogP contribution in [0, 0.1) is 5.82 Å². The van der Waals surface area contributed by atoms with E-state index in [-0.39, 0.29) is 11.9 Å². The van der Waals surface area contributed by atoms with Crippen molar-refractivity contribution in [2.24, 2.45) is 5.73 Å². The number of benzene rings is 1. The molecule has 0 aliphatic heterocycles. The van der Waals surface area contributed by atoms with E-state index < -0.39 is 5.54 Å². The van der Waals surface area contributed by atoms with Crippen molar-refractivity contribution < 1.29 is 4.39 Å². The summed E-state index contributed by atoms with van der Waals surface area (Å²) in [5, 5.41) is 0. The second-order valence-corrected chi connectivity index (χ2v) is 4.76. The van der Waals surface area contributed by atoms with E-state index in [4.69, 9.17) is 5.73 Å². The SMILES string of the molecule is CCC(N(C)C)C(N)(CC)c1ccccc1F. The molecule has 0 radical (unpaired) electrons. The van der Waals surface area contributed by atoms with E-state index in [9.17, 15) is 4.39 Å². The predicted octanol–water partition coefficient (Wildman–Crippen LogP) is 2.73. The van der Waals surface area contributed by atoms with Crippen molar-refractivity contribution >= 4 is 0 Å². The Labute approximate surface area is 104 Å². The number of likely N-dealkylation sites (N-methyl/N-ethyl adjacent to an activating group) is 1. The molecule has 2 atom stereocenters. The van der Waals surface area contributed by atoms with Gasteiger partial charge in [0.15, 0.2) is 0 Å². The van der Waals surface area contributed by atoms with Crippen LogP contribution in [0.15, 0.2) is 24.3 Å². The molecule has 3 heteroatoms. The van der Waals surface area contributed by atoms with Crippen LogP contribution in [0.1, 0.15) is 32.3 Å². The van der Waals surface area contributed by atoms with Gasteiger partial charge in [-0.3, -0.25) is 0 Å². The summed E-state index contributed by atoms with van der Waals surface area (Å²) in [6.07, 6.45) is 1.61. The molecular weight excluding hydrogens is 215 g/mol. The van der Waals surface area contributed by atoms with Gasteiger partial charge < -0.3 is 10.6 Å². The fourth-order valence-corrected chi connectivity index (χ4v) is 2.63. The molecule has 0 saturated carbocycles. The molecule has 96 valence electrons. The van der Waals surface area contributed by atoms with Crippen LogP contribution in [0.5, 0.6) is 0 Å². The maximum Gasteiger partial charge on any atom is 0.128 e. The molecule has 1 rings (SSSR count). The van der Waals surface area contributed by atoms with Gasteiger partial charge in [0.25, 0.3) is 0 Å². The van der Waals surface area contributed by atoms with Gasteiger partial charge in [0, 0.05) is 11.6 Å². The Balaban J connectivity index is 3.24. The first kappa shape index (κ1) is 14.1. The highest BCUT2D eigenvalue weighted by Gasteiger charge is 2.37. The van der Waals surface area contributed by atoms with Gasteiger partial charge >= 0.3 is 0 Å². The summed E-state index contributed by atoms with van der Waals surface area (Å²) >= 11 is 0. The van der Waals surface area contributed by atoms with Crippen LogP contribution in [0.25, 0.3) is 0 Å². The number of rotatable bonds is 5. The molecule has 1 aromatic carbocycles. The summed E-state index contributed by atoms with van der Waals surface area (Å²) in [5.74, 6) is -0.211. The molecule has 0 amide bonds. The fraction of sp³-hybridized carbons (Fsp3) is 0.571. The molecule has 0 bridgehead atoms. The summed E-state index contributed by atoms with van der Waals surface area (Å²) in [7, 11) is 3.98. The molecule has 2 unspecified atom stereocenters. The van der Waals surface area contributed by atoms with Gasteiger partial charge in [-0.25, -0.2) is 4.39 Å². The zero-order chi connectivity index (χ0) is 13.1. The summed E-state index contributed by atoms with van der Waals surface area (Å²) in [5.41, 5.74) is 6.47. The Morgan fingerprint density at radius 2 is 1.88 bits per heavy atom. The van der Waals surface area contributed by atoms with E-state index in [1.807, 2.05) is 27.1 Å². The highest BCUT2D eigenvalue weighted by Crippen LogP contribution is 2.31. The van der Waals surface area contributed by atoms with E-state index in [1.165, 1.54) is 6.07 Å². The largest absolute Gasteiger partial charge is 0.320 e. The number of hydrogen-bond donors (Lipinski definition) is 1. The van der Waals surface area contributed by atoms with Gasteiger partial charge in [0.05, 0.1) is 5.54 Å². The van der Waals surface area contributed by atoms with Gasteiger partial charge in [-0.05, 0) is 33.0 Å². The average molecular weight is 238 g/mol. The first-order valence-corrected chi connectivity index (χ1v) is 6.17. The van der Waals surface area contributed by atoms with Crippen molar-refractivity contribution in [1.29, 1.82) is 0 Å². The Hall–Kier alpha value is -0.930. The lowest BCUT2D eigenvalue weighted by atomic mass is 9.79. The molecule has 0 fully saturated rings. The van der Waals surface area contributed by atoms with E-state index in [0.29, 0.717) is 12.0 Å². The third kappa shape index (κ3) is 2.67. The van der Waals surface area contributed by atoms with Gasteiger partial charge in [-0.1, -0.05) is 32.0 Å². The maximum absolute atomic E-state index is 13.9. The van der Waals surface area contributed by atoms with Crippen molar-refractivity contribution in [3.8, 4) is 0 Å². The lowest BCUT2D eigenvalue weighted by molar-refractivity contribution is 0.161. The Morgan fingerprint density at radius 1 is 1.29 bits per heavy atom. The Morgan fingerprint density at radius 3 is 2.29 bits per heavy atom. The van der Waals surface area contributed by atoms with Crippen LogP contribution >= 0.6 is 0 Å². The van der Waals surface area contributed by atoms with Crippen molar-refractivity contribution in [3.63, 3.8) is 0 Å². The topological polar surface area (TPSA) is 29.3 Å². The quantitative estimate of drug-likeness (QED) is 0.854. The van der Waals surface area contributed by atoms with Gasteiger partial charge in [0.1, 0.15) is 5.82 Å². The zero-order valence-electron chi connectivity index (χ0n) is 11.2. The van der Waals surface area contributed by atoms with Crippen molar-refractivity contribution in [3.05, 3.63) is 35.6 Å². The zero-order valence-corrected chi connectivity index (χ0v) is 11.2. The first-order chi connectivity index (χ1) is 7.97. The average Bonchev–Trinajstić information content (AvgIpc) is 2.29. The van der Waals surface area contributed by atoms with E-state index >= 15 is 0 Å². The van der Waals surface area contributed by atoms with Crippen LogP contribution < -0.4 is 5.73 Å². The number of halogens is 1. The summed E-state index contributed by atoms with van der Waals surface area (Å²) < 4.78 is 13.9. The molecule has 0 saturated heterocycles. The summed E-state index contributed by atoms with van der Waals surface area (Å²) in [4.78, 5) is 2.08. The molecule has 0 aromatic heterocycles. The van der Waals surface area contributed by atoms with Crippen molar-refractivity contribution in [2.75, 3.05) is 14.1 Å². The van der Waals surface area contributed by atoms with Gasteiger partial charge in [-0.15, -0.1) is 0 Å². The fourth-order valence-electron chi connectivity index (χ4n) is 2.63. The van der Waals surface area contributed by atoms with Crippen LogP contribution in [0.3, 0.4) is 0 Å². The highest BCUT2D eigenvalue weighted by molar-refractivity contribution is 5.28. The minimum atomic E-state index is -0.635. The number of hydrogen-bond acceptors (Lipinski definition) is 2. The molecule has 2 N–H and O–H groups in total. The third-order valence-corrected chi connectivity index (χ3v) is 3.57. The summed E-state index contributed by atoms with van der Waals surface area (Å²) in [6, 6.07) is 6.95. The lowest BCUT2D eigenvalue weighted by Crippen LogP contribution is -2.54. The van der Waals surface area contributed by atoms with Gasteiger partial charge in [0.2, 0.25) is 0 Å². The van der Waals surface area contributed by atoms with Crippen molar-refractivity contribution in [1.82, 2.24) is 4.90 Å².